The van der Waals surface area contributed by atoms with Crippen molar-refractivity contribution in [2.24, 2.45) is 0 Å². The van der Waals surface area contributed by atoms with Crippen molar-refractivity contribution in [3.63, 3.8) is 0 Å². The summed E-state index contributed by atoms with van der Waals surface area (Å²) in [6.07, 6.45) is 1.66. The molecule has 7 heteroatoms. The standard InChI is InChI=1S/C20H20FN3O3/c1-2-26-11-12-27-18-7-3-5-14(19(18)21)13-23-20(25)17-9-8-15-16(24-17)6-4-10-22-15/h3-10H,2,11-13H2,1H3,(H,23,25). The molecule has 6 nitrogen and oxygen atoms in total. The van der Waals surface area contributed by atoms with Crippen LogP contribution in [0.5, 0.6) is 5.75 Å². The maximum atomic E-state index is 14.5. The molecule has 0 aliphatic heterocycles. The van der Waals surface area contributed by atoms with Gasteiger partial charge in [0.1, 0.15) is 12.3 Å². The molecule has 0 saturated carbocycles. The SMILES string of the molecule is CCOCCOc1cccc(CNC(=O)c2ccc3ncccc3n2)c1F. The summed E-state index contributed by atoms with van der Waals surface area (Å²) >= 11 is 0. The van der Waals surface area contributed by atoms with E-state index in [0.717, 1.165) is 0 Å². The second-order valence-electron chi connectivity index (χ2n) is 5.70. The van der Waals surface area contributed by atoms with Crippen molar-refractivity contribution in [1.82, 2.24) is 15.3 Å². The Morgan fingerprint density at radius 2 is 2.00 bits per heavy atom. The Morgan fingerprint density at radius 1 is 1.11 bits per heavy atom. The second-order valence-corrected chi connectivity index (χ2v) is 5.70. The maximum Gasteiger partial charge on any atom is 0.270 e. The lowest BCUT2D eigenvalue weighted by Gasteiger charge is -2.11. The first-order chi connectivity index (χ1) is 13.2. The fourth-order valence-electron chi connectivity index (χ4n) is 2.51. The number of nitrogens with one attached hydrogen (secondary N) is 1. The maximum absolute atomic E-state index is 14.5. The van der Waals surface area contributed by atoms with Crippen LogP contribution < -0.4 is 10.1 Å². The summed E-state index contributed by atoms with van der Waals surface area (Å²) in [4.78, 5) is 20.8. The Hall–Kier alpha value is -3.06. The van der Waals surface area contributed by atoms with Gasteiger partial charge in [0.15, 0.2) is 11.6 Å². The number of aromatic nitrogens is 2. The number of halogens is 1. The van der Waals surface area contributed by atoms with Crippen LogP contribution in [0, 0.1) is 5.82 Å². The summed E-state index contributed by atoms with van der Waals surface area (Å²) in [5, 5.41) is 2.68. The van der Waals surface area contributed by atoms with Crippen LogP contribution >= 0.6 is 0 Å². The highest BCUT2D eigenvalue weighted by Crippen LogP contribution is 2.20. The van der Waals surface area contributed by atoms with E-state index in [1.165, 1.54) is 0 Å². The molecule has 2 heterocycles. The van der Waals surface area contributed by atoms with E-state index < -0.39 is 5.82 Å². The van der Waals surface area contributed by atoms with Gasteiger partial charge in [-0.05, 0) is 37.3 Å². The zero-order chi connectivity index (χ0) is 19.1. The van der Waals surface area contributed by atoms with Gasteiger partial charge in [0, 0.05) is 24.9 Å². The van der Waals surface area contributed by atoms with Gasteiger partial charge in [-0.2, -0.15) is 0 Å². The molecule has 27 heavy (non-hydrogen) atoms. The molecule has 0 radical (unpaired) electrons. The molecule has 3 aromatic rings. The number of carbonyl (C=O) groups excluding carboxylic acids is 1. The van der Waals surface area contributed by atoms with Crippen molar-refractivity contribution in [1.29, 1.82) is 0 Å². The fourth-order valence-corrected chi connectivity index (χ4v) is 2.51. The zero-order valence-corrected chi connectivity index (χ0v) is 14.9. The second kappa shape index (κ2) is 9.05. The average Bonchev–Trinajstić information content (AvgIpc) is 2.70. The summed E-state index contributed by atoms with van der Waals surface area (Å²) in [7, 11) is 0. The number of fused-ring (bicyclic) bond motifs is 1. The van der Waals surface area contributed by atoms with E-state index in [9.17, 15) is 9.18 Å². The Kier molecular flexibility index (Phi) is 6.27. The largest absolute Gasteiger partial charge is 0.488 e. The lowest BCUT2D eigenvalue weighted by atomic mass is 10.2. The lowest BCUT2D eigenvalue weighted by Crippen LogP contribution is -2.24. The summed E-state index contributed by atoms with van der Waals surface area (Å²) in [5.74, 6) is -0.746. The van der Waals surface area contributed by atoms with Gasteiger partial charge in [-0.25, -0.2) is 9.37 Å². The van der Waals surface area contributed by atoms with Gasteiger partial charge in [0.05, 0.1) is 17.6 Å². The first-order valence-corrected chi connectivity index (χ1v) is 8.67. The summed E-state index contributed by atoms with van der Waals surface area (Å²) in [6.45, 7) is 3.14. The molecular weight excluding hydrogens is 349 g/mol. The van der Waals surface area contributed by atoms with E-state index in [-0.39, 0.29) is 30.5 Å². The van der Waals surface area contributed by atoms with Crippen LogP contribution in [0.4, 0.5) is 4.39 Å². The van der Waals surface area contributed by atoms with Gasteiger partial charge in [0.2, 0.25) is 0 Å². The monoisotopic (exact) mass is 369 g/mol. The predicted molar refractivity (Wildman–Crippen MR) is 99.1 cm³/mol. The number of carbonyl (C=O) groups is 1. The first-order valence-electron chi connectivity index (χ1n) is 8.67. The molecule has 0 atom stereocenters. The quantitative estimate of drug-likeness (QED) is 0.618. The molecule has 0 aliphatic rings. The Labute approximate surface area is 156 Å². The van der Waals surface area contributed by atoms with Crippen LogP contribution in [0.25, 0.3) is 11.0 Å². The Bertz CT molecular complexity index is 933. The molecule has 0 spiro atoms. The normalized spacial score (nSPS) is 10.7. The molecule has 1 aromatic carbocycles. The molecule has 0 fully saturated rings. The van der Waals surface area contributed by atoms with E-state index in [2.05, 4.69) is 15.3 Å². The summed E-state index contributed by atoms with van der Waals surface area (Å²) in [5.41, 5.74) is 1.91. The van der Waals surface area contributed by atoms with Crippen molar-refractivity contribution < 1.29 is 18.7 Å². The van der Waals surface area contributed by atoms with Gasteiger partial charge < -0.3 is 14.8 Å². The third-order valence-electron chi connectivity index (χ3n) is 3.86. The van der Waals surface area contributed by atoms with Crippen LogP contribution in [-0.4, -0.2) is 35.7 Å². The number of nitrogens with zero attached hydrogens (tertiary/aromatic N) is 2. The molecule has 140 valence electrons. The summed E-state index contributed by atoms with van der Waals surface area (Å²) < 4.78 is 25.1. The van der Waals surface area contributed by atoms with Crippen molar-refractivity contribution in [2.45, 2.75) is 13.5 Å². The van der Waals surface area contributed by atoms with Crippen LogP contribution in [0.2, 0.25) is 0 Å². The number of amides is 1. The van der Waals surface area contributed by atoms with Gasteiger partial charge in [-0.3, -0.25) is 9.78 Å². The number of ether oxygens (including phenoxy) is 2. The minimum absolute atomic E-state index is 0.0279. The fraction of sp³-hybridized carbons (Fsp3) is 0.250. The molecule has 0 bridgehead atoms. The Morgan fingerprint density at radius 3 is 2.85 bits per heavy atom. The third-order valence-corrected chi connectivity index (χ3v) is 3.86. The van der Waals surface area contributed by atoms with Crippen LogP contribution in [0.15, 0.2) is 48.7 Å². The number of pyridine rings is 2. The van der Waals surface area contributed by atoms with Crippen LogP contribution in [0.1, 0.15) is 23.0 Å². The van der Waals surface area contributed by atoms with Gasteiger partial charge >= 0.3 is 0 Å². The highest BCUT2D eigenvalue weighted by Gasteiger charge is 2.12. The molecule has 2 aromatic heterocycles. The minimum Gasteiger partial charge on any atom is -0.488 e. The topological polar surface area (TPSA) is 73.3 Å². The van der Waals surface area contributed by atoms with Crippen LogP contribution in [-0.2, 0) is 11.3 Å². The summed E-state index contributed by atoms with van der Waals surface area (Å²) in [6, 6.07) is 11.7. The van der Waals surface area contributed by atoms with E-state index in [1.807, 2.05) is 6.92 Å². The molecule has 1 amide bonds. The molecular formula is C20H20FN3O3. The van der Waals surface area contributed by atoms with E-state index in [0.29, 0.717) is 29.8 Å². The zero-order valence-electron chi connectivity index (χ0n) is 14.9. The van der Waals surface area contributed by atoms with E-state index >= 15 is 0 Å². The van der Waals surface area contributed by atoms with Crippen LogP contribution in [0.3, 0.4) is 0 Å². The predicted octanol–water partition coefficient (Wildman–Crippen LogP) is 3.11. The van der Waals surface area contributed by atoms with Gasteiger partial charge in [-0.1, -0.05) is 12.1 Å². The molecule has 0 unspecified atom stereocenters. The van der Waals surface area contributed by atoms with Gasteiger partial charge in [0.25, 0.3) is 5.91 Å². The number of benzene rings is 1. The van der Waals surface area contributed by atoms with E-state index in [4.69, 9.17) is 9.47 Å². The minimum atomic E-state index is -0.495. The smallest absolute Gasteiger partial charge is 0.270 e. The highest BCUT2D eigenvalue weighted by molar-refractivity contribution is 5.94. The first kappa shape index (κ1) is 18.7. The number of rotatable bonds is 8. The molecule has 0 aliphatic carbocycles. The molecule has 3 rings (SSSR count). The Balaban J connectivity index is 1.64. The van der Waals surface area contributed by atoms with E-state index in [1.54, 1.807) is 48.7 Å². The molecule has 0 saturated heterocycles. The van der Waals surface area contributed by atoms with Gasteiger partial charge in [-0.15, -0.1) is 0 Å². The average molecular weight is 369 g/mol. The van der Waals surface area contributed by atoms with Crippen molar-refractivity contribution in [3.8, 4) is 5.75 Å². The van der Waals surface area contributed by atoms with Crippen molar-refractivity contribution in [2.75, 3.05) is 19.8 Å². The van der Waals surface area contributed by atoms with Crippen molar-refractivity contribution in [3.05, 3.63) is 65.7 Å². The lowest BCUT2D eigenvalue weighted by molar-refractivity contribution is 0.0945. The molecule has 1 N–H and O–H groups in total. The number of hydrogen-bond acceptors (Lipinski definition) is 5. The highest BCUT2D eigenvalue weighted by atomic mass is 19.1. The third kappa shape index (κ3) is 4.77. The van der Waals surface area contributed by atoms with Crippen molar-refractivity contribution >= 4 is 16.9 Å². The number of hydrogen-bond donors (Lipinski definition) is 1.